The smallest absolute Gasteiger partial charge is 0.338 e. The van der Waals surface area contributed by atoms with Gasteiger partial charge < -0.3 is 4.74 Å². The van der Waals surface area contributed by atoms with Gasteiger partial charge in [-0.25, -0.2) is 9.78 Å². The van der Waals surface area contributed by atoms with Crippen LogP contribution in [-0.4, -0.2) is 45.4 Å². The van der Waals surface area contributed by atoms with Crippen molar-refractivity contribution in [1.29, 1.82) is 0 Å². The van der Waals surface area contributed by atoms with E-state index in [9.17, 15) is 19.2 Å². The molecular formula is C27H21N3O5. The molecule has 5 rings (SSSR count). The summed E-state index contributed by atoms with van der Waals surface area (Å²) in [4.78, 5) is 55.9. The fourth-order valence-electron chi connectivity index (χ4n) is 4.21. The van der Waals surface area contributed by atoms with Crippen LogP contribution in [0.25, 0.3) is 16.6 Å². The first-order valence-electron chi connectivity index (χ1n) is 11.2. The molecule has 1 aromatic heterocycles. The Morgan fingerprint density at radius 2 is 1.49 bits per heavy atom. The second kappa shape index (κ2) is 8.98. The van der Waals surface area contributed by atoms with Gasteiger partial charge in [-0.3, -0.25) is 23.9 Å². The van der Waals surface area contributed by atoms with Crippen LogP contribution in [0.15, 0.2) is 77.6 Å². The Morgan fingerprint density at radius 3 is 2.17 bits per heavy atom. The van der Waals surface area contributed by atoms with Gasteiger partial charge in [0, 0.05) is 6.54 Å². The Bertz CT molecular complexity index is 1500. The molecule has 3 aromatic carbocycles. The van der Waals surface area contributed by atoms with Crippen molar-refractivity contribution in [1.82, 2.24) is 14.5 Å². The van der Waals surface area contributed by atoms with Crippen LogP contribution in [0.1, 0.15) is 43.3 Å². The third kappa shape index (κ3) is 3.99. The lowest BCUT2D eigenvalue weighted by atomic mass is 10.1. The number of esters is 1. The SMILES string of the molecule is Cc1nc2ccccc2c(=O)n1-c1ccc(C(=O)OCCCN2C(=O)c3ccccc3C2=O)cc1. The summed E-state index contributed by atoms with van der Waals surface area (Å²) < 4.78 is 6.82. The summed E-state index contributed by atoms with van der Waals surface area (Å²) in [5.41, 5.74) is 2.15. The zero-order valence-electron chi connectivity index (χ0n) is 18.9. The predicted octanol–water partition coefficient (Wildman–Crippen LogP) is 3.54. The second-order valence-corrected chi connectivity index (χ2v) is 8.16. The van der Waals surface area contributed by atoms with E-state index < -0.39 is 5.97 Å². The van der Waals surface area contributed by atoms with E-state index in [1.807, 2.05) is 6.07 Å². The number of ether oxygens (including phenoxy) is 1. The summed E-state index contributed by atoms with van der Waals surface area (Å²) in [7, 11) is 0. The number of aryl methyl sites for hydroxylation is 1. The van der Waals surface area contributed by atoms with Crippen LogP contribution in [0.3, 0.4) is 0 Å². The van der Waals surface area contributed by atoms with Crippen LogP contribution in [0, 0.1) is 6.92 Å². The van der Waals surface area contributed by atoms with Crippen molar-refractivity contribution in [3.8, 4) is 5.69 Å². The van der Waals surface area contributed by atoms with E-state index in [-0.39, 0.29) is 30.5 Å². The largest absolute Gasteiger partial charge is 0.462 e. The molecule has 1 aliphatic heterocycles. The number of hydrogen-bond acceptors (Lipinski definition) is 6. The number of carbonyl (C=O) groups is 3. The molecule has 2 heterocycles. The van der Waals surface area contributed by atoms with Crippen LogP contribution >= 0.6 is 0 Å². The molecule has 2 amide bonds. The van der Waals surface area contributed by atoms with Gasteiger partial charge >= 0.3 is 5.97 Å². The maximum absolute atomic E-state index is 12.9. The van der Waals surface area contributed by atoms with E-state index in [0.29, 0.717) is 45.5 Å². The average Bonchev–Trinajstić information content (AvgIpc) is 3.11. The van der Waals surface area contributed by atoms with Crippen molar-refractivity contribution < 1.29 is 19.1 Å². The molecule has 0 fully saturated rings. The Kier molecular flexibility index (Phi) is 5.70. The van der Waals surface area contributed by atoms with E-state index in [1.165, 1.54) is 9.47 Å². The fourth-order valence-corrected chi connectivity index (χ4v) is 4.21. The topological polar surface area (TPSA) is 98.6 Å². The molecule has 0 N–H and O–H groups in total. The highest BCUT2D eigenvalue weighted by Gasteiger charge is 2.34. The second-order valence-electron chi connectivity index (χ2n) is 8.16. The highest BCUT2D eigenvalue weighted by Crippen LogP contribution is 2.22. The van der Waals surface area contributed by atoms with Gasteiger partial charge in [0.15, 0.2) is 0 Å². The number of hydrogen-bond donors (Lipinski definition) is 0. The summed E-state index contributed by atoms with van der Waals surface area (Å²) >= 11 is 0. The van der Waals surface area contributed by atoms with E-state index in [4.69, 9.17) is 4.74 Å². The molecule has 0 bridgehead atoms. The van der Waals surface area contributed by atoms with Crippen molar-refractivity contribution in [3.05, 3.63) is 106 Å². The minimum atomic E-state index is -0.528. The number of imide groups is 1. The third-order valence-electron chi connectivity index (χ3n) is 5.94. The predicted molar refractivity (Wildman–Crippen MR) is 129 cm³/mol. The lowest BCUT2D eigenvalue weighted by molar-refractivity contribution is 0.0482. The molecule has 0 radical (unpaired) electrons. The summed E-state index contributed by atoms with van der Waals surface area (Å²) in [6.07, 6.45) is 0.326. The zero-order chi connectivity index (χ0) is 24.5. The van der Waals surface area contributed by atoms with E-state index >= 15 is 0 Å². The van der Waals surface area contributed by atoms with E-state index in [0.717, 1.165) is 0 Å². The number of benzene rings is 3. The Labute approximate surface area is 200 Å². The number of aromatic nitrogens is 2. The van der Waals surface area contributed by atoms with Crippen LogP contribution < -0.4 is 5.56 Å². The Balaban J connectivity index is 1.21. The first kappa shape index (κ1) is 22.2. The zero-order valence-corrected chi connectivity index (χ0v) is 18.9. The molecule has 35 heavy (non-hydrogen) atoms. The van der Waals surface area contributed by atoms with Crippen molar-refractivity contribution >= 4 is 28.7 Å². The Hall–Kier alpha value is -4.59. The summed E-state index contributed by atoms with van der Waals surface area (Å²) in [5.74, 6) is -0.653. The summed E-state index contributed by atoms with van der Waals surface area (Å²) in [5, 5.41) is 0.514. The van der Waals surface area contributed by atoms with Crippen LogP contribution in [-0.2, 0) is 4.74 Å². The molecule has 0 spiro atoms. The van der Waals surface area contributed by atoms with Crippen molar-refractivity contribution in [2.75, 3.05) is 13.2 Å². The molecule has 1 aliphatic rings. The van der Waals surface area contributed by atoms with Gasteiger partial charge in [-0.2, -0.15) is 0 Å². The van der Waals surface area contributed by atoms with Crippen molar-refractivity contribution in [3.63, 3.8) is 0 Å². The van der Waals surface area contributed by atoms with Gasteiger partial charge in [0.25, 0.3) is 17.4 Å². The molecular weight excluding hydrogens is 446 g/mol. The van der Waals surface area contributed by atoms with Crippen LogP contribution in [0.4, 0.5) is 0 Å². The van der Waals surface area contributed by atoms with Gasteiger partial charge in [-0.05, 0) is 61.9 Å². The highest BCUT2D eigenvalue weighted by atomic mass is 16.5. The lowest BCUT2D eigenvalue weighted by Gasteiger charge is -2.14. The van der Waals surface area contributed by atoms with Gasteiger partial charge in [-0.1, -0.05) is 24.3 Å². The first-order chi connectivity index (χ1) is 17.0. The number of fused-ring (bicyclic) bond motifs is 2. The molecule has 174 valence electrons. The number of carbonyl (C=O) groups excluding carboxylic acids is 3. The maximum atomic E-state index is 12.9. The van der Waals surface area contributed by atoms with Crippen LogP contribution in [0.5, 0.6) is 0 Å². The first-order valence-corrected chi connectivity index (χ1v) is 11.2. The minimum absolute atomic E-state index is 0.0567. The summed E-state index contributed by atoms with van der Waals surface area (Å²) in [6.45, 7) is 1.97. The monoisotopic (exact) mass is 467 g/mol. The number of amides is 2. The maximum Gasteiger partial charge on any atom is 0.338 e. The summed E-state index contributed by atoms with van der Waals surface area (Å²) in [6, 6.07) is 20.3. The number of rotatable bonds is 6. The van der Waals surface area contributed by atoms with Gasteiger partial charge in [0.1, 0.15) is 5.82 Å². The normalized spacial score (nSPS) is 12.8. The minimum Gasteiger partial charge on any atom is -0.462 e. The molecule has 0 saturated heterocycles. The average molecular weight is 467 g/mol. The van der Waals surface area contributed by atoms with Gasteiger partial charge in [0.2, 0.25) is 0 Å². The molecule has 0 unspecified atom stereocenters. The highest BCUT2D eigenvalue weighted by molar-refractivity contribution is 6.21. The third-order valence-corrected chi connectivity index (χ3v) is 5.94. The Morgan fingerprint density at radius 1 is 0.857 bits per heavy atom. The quantitative estimate of drug-likeness (QED) is 0.244. The number of para-hydroxylation sites is 1. The molecule has 0 aliphatic carbocycles. The lowest BCUT2D eigenvalue weighted by Crippen LogP contribution is -2.31. The number of nitrogens with zero attached hydrogens (tertiary/aromatic N) is 3. The fraction of sp³-hybridized carbons (Fsp3) is 0.148. The van der Waals surface area contributed by atoms with Gasteiger partial charge in [-0.15, -0.1) is 0 Å². The molecule has 4 aromatic rings. The molecule has 8 heteroatoms. The molecule has 0 saturated carbocycles. The van der Waals surface area contributed by atoms with Crippen molar-refractivity contribution in [2.24, 2.45) is 0 Å². The van der Waals surface area contributed by atoms with Crippen molar-refractivity contribution in [2.45, 2.75) is 13.3 Å². The standard InChI is InChI=1S/C27H21N3O5/c1-17-28-23-10-5-4-9-22(23)26(33)30(17)19-13-11-18(12-14-19)27(34)35-16-6-15-29-24(31)20-7-2-3-8-21(20)25(29)32/h2-5,7-14H,6,15-16H2,1H3. The van der Waals surface area contributed by atoms with E-state index in [1.54, 1.807) is 73.7 Å². The van der Waals surface area contributed by atoms with Gasteiger partial charge in [0.05, 0.1) is 39.9 Å². The van der Waals surface area contributed by atoms with E-state index in [2.05, 4.69) is 4.98 Å². The molecule has 0 atom stereocenters. The molecule has 8 nitrogen and oxygen atoms in total. The van der Waals surface area contributed by atoms with Crippen LogP contribution in [0.2, 0.25) is 0 Å².